The van der Waals surface area contributed by atoms with Gasteiger partial charge in [-0.3, -0.25) is 9.59 Å². The number of nitrogens with zero attached hydrogens (tertiary/aromatic N) is 1. The van der Waals surface area contributed by atoms with E-state index in [1.54, 1.807) is 4.90 Å². The summed E-state index contributed by atoms with van der Waals surface area (Å²) in [5.74, 6) is 0.641. The second kappa shape index (κ2) is 14.1. The van der Waals surface area contributed by atoms with Gasteiger partial charge in [0.2, 0.25) is 11.8 Å². The molecule has 0 aliphatic rings. The third-order valence-corrected chi connectivity index (χ3v) is 6.25. The molecule has 0 saturated heterocycles. The molecule has 36 heavy (non-hydrogen) atoms. The van der Waals surface area contributed by atoms with Gasteiger partial charge in [-0.2, -0.15) is 0 Å². The lowest BCUT2D eigenvalue weighted by atomic mass is 10.0. The number of ether oxygens (including phenoxy) is 1. The lowest BCUT2D eigenvalue weighted by Crippen LogP contribution is -2.50. The van der Waals surface area contributed by atoms with Gasteiger partial charge in [0.15, 0.2) is 0 Å². The van der Waals surface area contributed by atoms with Gasteiger partial charge in [-0.25, -0.2) is 0 Å². The van der Waals surface area contributed by atoms with Crippen LogP contribution in [-0.2, 0) is 22.6 Å². The van der Waals surface area contributed by atoms with Crippen LogP contribution in [0, 0.1) is 13.8 Å². The molecule has 0 spiro atoms. The monoisotopic (exact) mass is 486 g/mol. The van der Waals surface area contributed by atoms with Crippen LogP contribution in [0.15, 0.2) is 78.9 Å². The van der Waals surface area contributed by atoms with Crippen LogP contribution in [0.4, 0.5) is 0 Å². The largest absolute Gasteiger partial charge is 0.494 e. The zero-order valence-corrected chi connectivity index (χ0v) is 21.7. The number of carbonyl (C=O) groups excluding carboxylic acids is 2. The molecule has 0 aliphatic heterocycles. The summed E-state index contributed by atoms with van der Waals surface area (Å²) in [6.45, 7) is 7.52. The van der Waals surface area contributed by atoms with Gasteiger partial charge in [-0.1, -0.05) is 79.2 Å². The number of amides is 2. The number of nitrogens with one attached hydrogen (secondary N) is 1. The Bertz CT molecular complexity index is 1100. The Morgan fingerprint density at radius 1 is 0.917 bits per heavy atom. The topological polar surface area (TPSA) is 58.6 Å². The van der Waals surface area contributed by atoms with Crippen LogP contribution in [0.5, 0.6) is 5.75 Å². The molecule has 3 aromatic carbocycles. The molecule has 0 aliphatic carbocycles. The van der Waals surface area contributed by atoms with E-state index in [0.717, 1.165) is 28.9 Å². The molecule has 2 amide bonds. The predicted octanol–water partition coefficient (Wildman–Crippen LogP) is 5.63. The van der Waals surface area contributed by atoms with Gasteiger partial charge in [-0.05, 0) is 55.5 Å². The molecule has 1 N–H and O–H groups in total. The molecule has 0 unspecified atom stereocenters. The normalized spacial score (nSPS) is 11.5. The minimum Gasteiger partial charge on any atom is -0.494 e. The smallest absolute Gasteiger partial charge is 0.243 e. The molecule has 3 rings (SSSR count). The molecule has 190 valence electrons. The molecule has 0 fully saturated rings. The lowest BCUT2D eigenvalue weighted by molar-refractivity contribution is -0.141. The Kier molecular flexibility index (Phi) is 10.6. The van der Waals surface area contributed by atoms with E-state index < -0.39 is 6.04 Å². The Balaban J connectivity index is 1.78. The Hall–Kier alpha value is -3.60. The maximum Gasteiger partial charge on any atom is 0.243 e. The average Bonchev–Trinajstić information content (AvgIpc) is 2.89. The first kappa shape index (κ1) is 27.0. The predicted molar refractivity (Wildman–Crippen MR) is 145 cm³/mol. The van der Waals surface area contributed by atoms with Crippen molar-refractivity contribution in [2.75, 3.05) is 13.2 Å². The van der Waals surface area contributed by atoms with Crippen LogP contribution in [0.3, 0.4) is 0 Å². The first-order valence-electron chi connectivity index (χ1n) is 12.8. The van der Waals surface area contributed by atoms with E-state index >= 15 is 0 Å². The fourth-order valence-electron chi connectivity index (χ4n) is 4.08. The first-order valence-corrected chi connectivity index (χ1v) is 12.8. The fourth-order valence-corrected chi connectivity index (χ4v) is 4.08. The summed E-state index contributed by atoms with van der Waals surface area (Å²) in [7, 11) is 0. The van der Waals surface area contributed by atoms with Crippen molar-refractivity contribution in [3.63, 3.8) is 0 Å². The van der Waals surface area contributed by atoms with E-state index in [1.165, 1.54) is 5.56 Å². The lowest BCUT2D eigenvalue weighted by Gasteiger charge is -2.32. The van der Waals surface area contributed by atoms with Crippen LogP contribution >= 0.6 is 0 Å². The number of benzene rings is 3. The van der Waals surface area contributed by atoms with Gasteiger partial charge in [0.25, 0.3) is 0 Å². The zero-order chi connectivity index (χ0) is 25.8. The fraction of sp³-hybridized carbons (Fsp3) is 0.355. The highest BCUT2D eigenvalue weighted by Gasteiger charge is 2.30. The maximum atomic E-state index is 13.6. The number of rotatable bonds is 13. The van der Waals surface area contributed by atoms with E-state index in [9.17, 15) is 9.59 Å². The zero-order valence-electron chi connectivity index (χ0n) is 21.7. The number of hydrogen-bond acceptors (Lipinski definition) is 3. The summed E-state index contributed by atoms with van der Waals surface area (Å²) in [6.07, 6.45) is 2.19. The second-order valence-electron chi connectivity index (χ2n) is 9.21. The summed E-state index contributed by atoms with van der Waals surface area (Å²) in [5, 5.41) is 3.02. The molecular weight excluding hydrogens is 448 g/mol. The molecule has 1 atom stereocenters. The highest BCUT2D eigenvalue weighted by molar-refractivity contribution is 5.88. The van der Waals surface area contributed by atoms with E-state index in [4.69, 9.17) is 4.74 Å². The molecule has 3 aromatic rings. The van der Waals surface area contributed by atoms with Crippen molar-refractivity contribution < 1.29 is 14.3 Å². The molecule has 0 bridgehead atoms. The standard InChI is InChI=1S/C31H38N2O3/c1-4-20-32-31(35)29(22-26-12-6-5-7-13-26)33(23-27-14-9-8-11-25(27)3)30(34)15-10-21-36-28-18-16-24(2)17-19-28/h5-9,11-14,16-19,29H,4,10,15,20-23H2,1-3H3,(H,32,35)/t29-/m1/s1. The maximum absolute atomic E-state index is 13.6. The molecule has 0 heterocycles. The van der Waals surface area contributed by atoms with Gasteiger partial charge in [0.1, 0.15) is 11.8 Å². The number of hydrogen-bond donors (Lipinski definition) is 1. The van der Waals surface area contributed by atoms with Gasteiger partial charge >= 0.3 is 0 Å². The molecule has 0 aromatic heterocycles. The quantitative estimate of drug-likeness (QED) is 0.319. The molecule has 5 nitrogen and oxygen atoms in total. The van der Waals surface area contributed by atoms with Gasteiger partial charge in [0.05, 0.1) is 6.61 Å². The number of carbonyl (C=O) groups is 2. The van der Waals surface area contributed by atoms with Crippen molar-refractivity contribution in [3.8, 4) is 5.75 Å². The van der Waals surface area contributed by atoms with Crippen molar-refractivity contribution in [1.29, 1.82) is 0 Å². The minimum absolute atomic E-state index is 0.0432. The van der Waals surface area contributed by atoms with Crippen molar-refractivity contribution in [2.45, 2.75) is 59.0 Å². The van der Waals surface area contributed by atoms with E-state index in [-0.39, 0.29) is 11.8 Å². The van der Waals surface area contributed by atoms with Crippen molar-refractivity contribution in [2.24, 2.45) is 0 Å². The highest BCUT2D eigenvalue weighted by Crippen LogP contribution is 2.19. The van der Waals surface area contributed by atoms with Crippen molar-refractivity contribution >= 4 is 11.8 Å². The van der Waals surface area contributed by atoms with Gasteiger partial charge in [0, 0.05) is 25.9 Å². The Morgan fingerprint density at radius 3 is 2.31 bits per heavy atom. The minimum atomic E-state index is -0.593. The highest BCUT2D eigenvalue weighted by atomic mass is 16.5. The third kappa shape index (κ3) is 8.26. The summed E-state index contributed by atoms with van der Waals surface area (Å²) in [6, 6.07) is 25.2. The summed E-state index contributed by atoms with van der Waals surface area (Å²) in [5.41, 5.74) is 4.35. The van der Waals surface area contributed by atoms with Crippen molar-refractivity contribution in [1.82, 2.24) is 10.2 Å². The summed E-state index contributed by atoms with van der Waals surface area (Å²) in [4.78, 5) is 28.7. The van der Waals surface area contributed by atoms with Gasteiger partial charge < -0.3 is 15.0 Å². The average molecular weight is 487 g/mol. The molecule has 0 radical (unpaired) electrons. The van der Waals surface area contributed by atoms with Crippen LogP contribution < -0.4 is 10.1 Å². The van der Waals surface area contributed by atoms with E-state index in [1.807, 2.05) is 99.6 Å². The summed E-state index contributed by atoms with van der Waals surface area (Å²) >= 11 is 0. The Morgan fingerprint density at radius 2 is 1.61 bits per heavy atom. The molecular formula is C31H38N2O3. The third-order valence-electron chi connectivity index (χ3n) is 6.25. The van der Waals surface area contributed by atoms with E-state index in [0.29, 0.717) is 39.0 Å². The Labute approximate surface area is 215 Å². The van der Waals surface area contributed by atoms with Crippen LogP contribution in [0.2, 0.25) is 0 Å². The van der Waals surface area contributed by atoms with Crippen molar-refractivity contribution in [3.05, 3.63) is 101 Å². The molecule has 5 heteroatoms. The first-order chi connectivity index (χ1) is 17.5. The van der Waals surface area contributed by atoms with Gasteiger partial charge in [-0.15, -0.1) is 0 Å². The van der Waals surface area contributed by atoms with Crippen LogP contribution in [-0.4, -0.2) is 35.9 Å². The van der Waals surface area contributed by atoms with E-state index in [2.05, 4.69) is 5.32 Å². The summed E-state index contributed by atoms with van der Waals surface area (Å²) < 4.78 is 5.84. The second-order valence-corrected chi connectivity index (χ2v) is 9.21. The molecule has 0 saturated carbocycles. The van der Waals surface area contributed by atoms with Crippen LogP contribution in [0.1, 0.15) is 48.4 Å². The number of aryl methyl sites for hydroxylation is 2. The SMILES string of the molecule is CCCNC(=O)[C@@H](Cc1ccccc1)N(Cc1ccccc1C)C(=O)CCCOc1ccc(C)cc1. The van der Waals surface area contributed by atoms with Crippen LogP contribution in [0.25, 0.3) is 0 Å².